The van der Waals surface area contributed by atoms with Crippen LogP contribution in [-0.2, 0) is 16.4 Å². The van der Waals surface area contributed by atoms with E-state index >= 15 is 0 Å². The van der Waals surface area contributed by atoms with Crippen LogP contribution in [0, 0.1) is 11.3 Å². The van der Waals surface area contributed by atoms with Crippen molar-refractivity contribution < 1.29 is 8.42 Å². The van der Waals surface area contributed by atoms with Crippen LogP contribution in [0.3, 0.4) is 0 Å². The zero-order valence-corrected chi connectivity index (χ0v) is 10.6. The summed E-state index contributed by atoms with van der Waals surface area (Å²) in [6, 6.07) is 8.10. The third-order valence-corrected chi connectivity index (χ3v) is 3.52. The molecule has 1 aromatic rings. The van der Waals surface area contributed by atoms with E-state index < -0.39 is 10.0 Å². The second-order valence-electron chi connectivity index (χ2n) is 3.32. The molecule has 0 amide bonds. The maximum atomic E-state index is 11.7. The molecule has 0 spiro atoms. The topological polar surface area (TPSA) is 70.0 Å². The van der Waals surface area contributed by atoms with E-state index in [4.69, 9.17) is 16.9 Å². The zero-order valence-electron chi connectivity index (χ0n) is 8.98. The molecule has 0 unspecified atom stereocenters. The van der Waals surface area contributed by atoms with Crippen LogP contribution in [0.25, 0.3) is 0 Å². The van der Waals surface area contributed by atoms with Crippen molar-refractivity contribution in [2.75, 3.05) is 6.54 Å². The van der Waals surface area contributed by atoms with Crippen molar-refractivity contribution in [3.05, 3.63) is 41.4 Å². The minimum Gasteiger partial charge on any atom is -0.207 e. The van der Waals surface area contributed by atoms with Gasteiger partial charge in [0.05, 0.1) is 17.4 Å². The third-order valence-electron chi connectivity index (χ3n) is 1.97. The number of hydrogen-bond donors (Lipinski definition) is 1. The van der Waals surface area contributed by atoms with Gasteiger partial charge >= 0.3 is 0 Å². The maximum Gasteiger partial charge on any atom is 0.240 e. The molecule has 0 heterocycles. The molecule has 0 bridgehead atoms. The molecule has 0 saturated carbocycles. The van der Waals surface area contributed by atoms with Crippen LogP contribution in [-0.4, -0.2) is 15.0 Å². The fourth-order valence-electron chi connectivity index (χ4n) is 1.13. The van der Waals surface area contributed by atoms with Gasteiger partial charge in [0.1, 0.15) is 0 Å². The zero-order chi connectivity index (χ0) is 12.9. The maximum absolute atomic E-state index is 11.7. The molecule has 17 heavy (non-hydrogen) atoms. The van der Waals surface area contributed by atoms with E-state index in [1.165, 1.54) is 12.1 Å². The van der Waals surface area contributed by atoms with Crippen LogP contribution in [0.5, 0.6) is 0 Å². The highest BCUT2D eigenvalue weighted by Gasteiger charge is 2.13. The van der Waals surface area contributed by atoms with Gasteiger partial charge in [0.15, 0.2) is 0 Å². The van der Waals surface area contributed by atoms with Gasteiger partial charge in [-0.05, 0) is 17.7 Å². The van der Waals surface area contributed by atoms with E-state index in [2.05, 4.69) is 11.3 Å². The number of hydrogen-bond acceptors (Lipinski definition) is 3. The molecule has 0 aliphatic heterocycles. The Hall–Kier alpha value is -1.35. The molecule has 1 rings (SSSR count). The lowest BCUT2D eigenvalue weighted by Gasteiger charge is -2.06. The first kappa shape index (κ1) is 13.7. The molecule has 6 heteroatoms. The van der Waals surface area contributed by atoms with Crippen molar-refractivity contribution in [1.29, 1.82) is 5.26 Å². The van der Waals surface area contributed by atoms with E-state index in [9.17, 15) is 8.42 Å². The summed E-state index contributed by atoms with van der Waals surface area (Å²) < 4.78 is 25.8. The van der Waals surface area contributed by atoms with Crippen LogP contribution in [0.4, 0.5) is 0 Å². The van der Waals surface area contributed by atoms with Crippen LogP contribution in [0.15, 0.2) is 40.8 Å². The molecular weight excluding hydrogens is 260 g/mol. The number of nitrogens with one attached hydrogen (secondary N) is 1. The van der Waals surface area contributed by atoms with Crippen molar-refractivity contribution in [3.63, 3.8) is 0 Å². The molecule has 0 aliphatic rings. The second-order valence-corrected chi connectivity index (χ2v) is 5.62. The summed E-state index contributed by atoms with van der Waals surface area (Å²) in [5.74, 6) is 0. The van der Waals surface area contributed by atoms with E-state index in [-0.39, 0.29) is 22.9 Å². The second kappa shape index (κ2) is 5.82. The van der Waals surface area contributed by atoms with Gasteiger partial charge in [0.25, 0.3) is 0 Å². The standard InChI is InChI=1S/C11H11ClN2O2S/c1-9(12)8-14-17(15,16)11-4-2-10(3-5-11)6-7-13/h2-5,14H,1,6,8H2. The lowest BCUT2D eigenvalue weighted by Crippen LogP contribution is -2.24. The van der Waals surface area contributed by atoms with Gasteiger partial charge in [-0.2, -0.15) is 5.26 Å². The number of rotatable bonds is 5. The lowest BCUT2D eigenvalue weighted by atomic mass is 10.2. The Bertz CT molecular complexity index is 544. The molecule has 0 aromatic heterocycles. The van der Waals surface area contributed by atoms with E-state index in [1.807, 2.05) is 6.07 Å². The average Bonchev–Trinajstić information content (AvgIpc) is 2.28. The average molecular weight is 271 g/mol. The predicted octanol–water partition coefficient (Wildman–Crippen LogP) is 1.78. The highest BCUT2D eigenvalue weighted by atomic mass is 35.5. The van der Waals surface area contributed by atoms with Crippen molar-refractivity contribution in [3.8, 4) is 6.07 Å². The summed E-state index contributed by atoms with van der Waals surface area (Å²) in [7, 11) is -3.57. The highest BCUT2D eigenvalue weighted by Crippen LogP contribution is 2.11. The van der Waals surface area contributed by atoms with Gasteiger partial charge in [-0.1, -0.05) is 30.3 Å². The van der Waals surface area contributed by atoms with Gasteiger partial charge in [-0.25, -0.2) is 13.1 Å². The van der Waals surface area contributed by atoms with Gasteiger partial charge in [-0.15, -0.1) is 0 Å². The number of sulfonamides is 1. The van der Waals surface area contributed by atoms with E-state index in [0.29, 0.717) is 0 Å². The molecule has 1 aromatic carbocycles. The minimum atomic E-state index is -3.57. The fraction of sp³-hybridized carbons (Fsp3) is 0.182. The van der Waals surface area contributed by atoms with Crippen molar-refractivity contribution in [2.45, 2.75) is 11.3 Å². The first-order valence-corrected chi connectivity index (χ1v) is 6.60. The quantitative estimate of drug-likeness (QED) is 0.887. The Morgan fingerprint density at radius 2 is 2.00 bits per heavy atom. The molecule has 4 nitrogen and oxygen atoms in total. The summed E-state index contributed by atoms with van der Waals surface area (Å²) in [6.07, 6.45) is 0.256. The van der Waals surface area contributed by atoms with Gasteiger partial charge in [0, 0.05) is 11.6 Å². The SMILES string of the molecule is C=C(Cl)CNS(=O)(=O)c1ccc(CC#N)cc1. The Morgan fingerprint density at radius 1 is 1.41 bits per heavy atom. The van der Waals surface area contributed by atoms with Crippen molar-refractivity contribution >= 4 is 21.6 Å². The Kier molecular flexibility index (Phi) is 4.70. The van der Waals surface area contributed by atoms with Crippen LogP contribution < -0.4 is 4.72 Å². The summed E-state index contributed by atoms with van der Waals surface area (Å²) in [4.78, 5) is 0.136. The van der Waals surface area contributed by atoms with Crippen molar-refractivity contribution in [1.82, 2.24) is 4.72 Å². The van der Waals surface area contributed by atoms with Gasteiger partial charge in [-0.3, -0.25) is 0 Å². The number of nitrogens with zero attached hydrogens (tertiary/aromatic N) is 1. The predicted molar refractivity (Wildman–Crippen MR) is 65.9 cm³/mol. The summed E-state index contributed by atoms with van der Waals surface area (Å²) >= 11 is 5.48. The largest absolute Gasteiger partial charge is 0.240 e. The van der Waals surface area contributed by atoms with E-state index in [0.717, 1.165) is 5.56 Å². The summed E-state index contributed by atoms with van der Waals surface area (Å²) in [5, 5.41) is 8.71. The third kappa shape index (κ3) is 4.19. The first-order valence-electron chi connectivity index (χ1n) is 4.74. The molecule has 1 N–H and O–H groups in total. The first-order chi connectivity index (χ1) is 7.95. The Morgan fingerprint density at radius 3 is 2.47 bits per heavy atom. The molecular formula is C11H11ClN2O2S. The molecule has 0 radical (unpaired) electrons. The fourth-order valence-corrected chi connectivity index (χ4v) is 2.31. The number of nitriles is 1. The Labute approximate surface area is 106 Å². The molecule has 0 fully saturated rings. The van der Waals surface area contributed by atoms with Gasteiger partial charge < -0.3 is 0 Å². The van der Waals surface area contributed by atoms with Crippen LogP contribution in [0.1, 0.15) is 5.56 Å². The minimum absolute atomic E-state index is 0.0101. The van der Waals surface area contributed by atoms with Crippen LogP contribution >= 0.6 is 11.6 Å². The molecule has 0 aliphatic carbocycles. The number of benzene rings is 1. The summed E-state index contributed by atoms with van der Waals surface area (Å²) in [5.41, 5.74) is 0.771. The molecule has 90 valence electrons. The summed E-state index contributed by atoms with van der Waals surface area (Å²) in [6.45, 7) is 3.38. The normalized spacial score (nSPS) is 10.8. The van der Waals surface area contributed by atoms with E-state index in [1.54, 1.807) is 12.1 Å². The molecule has 0 atom stereocenters. The highest BCUT2D eigenvalue weighted by molar-refractivity contribution is 7.89. The Balaban J connectivity index is 2.85. The monoisotopic (exact) mass is 270 g/mol. The van der Waals surface area contributed by atoms with Gasteiger partial charge in [0.2, 0.25) is 10.0 Å². The lowest BCUT2D eigenvalue weighted by molar-refractivity contribution is 0.585. The molecule has 0 saturated heterocycles. The van der Waals surface area contributed by atoms with Crippen LogP contribution in [0.2, 0.25) is 0 Å². The smallest absolute Gasteiger partial charge is 0.207 e. The number of halogens is 1. The van der Waals surface area contributed by atoms with Crippen molar-refractivity contribution in [2.24, 2.45) is 0 Å².